The Labute approximate surface area is 117 Å². The van der Waals surface area contributed by atoms with Gasteiger partial charge >= 0.3 is 0 Å². The van der Waals surface area contributed by atoms with Crippen molar-refractivity contribution in [2.45, 2.75) is 32.7 Å². The summed E-state index contributed by atoms with van der Waals surface area (Å²) in [4.78, 5) is 14.4. The van der Waals surface area contributed by atoms with Gasteiger partial charge in [-0.3, -0.25) is 4.79 Å². The van der Waals surface area contributed by atoms with Crippen LogP contribution in [0.4, 0.5) is 15.8 Å². The number of nitrogens with one attached hydrogen (secondary N) is 1. The van der Waals surface area contributed by atoms with Crippen LogP contribution >= 0.6 is 0 Å². The van der Waals surface area contributed by atoms with E-state index in [1.807, 2.05) is 0 Å². The van der Waals surface area contributed by atoms with Crippen LogP contribution in [-0.2, 0) is 4.79 Å². The molecule has 1 saturated heterocycles. The highest BCUT2D eigenvalue weighted by molar-refractivity contribution is 6.04. The lowest BCUT2D eigenvalue weighted by atomic mass is 9.75. The van der Waals surface area contributed by atoms with Crippen molar-refractivity contribution >= 4 is 17.3 Å². The number of benzene rings is 1. The number of hydrogen-bond acceptors (Lipinski definition) is 3. The highest BCUT2D eigenvalue weighted by Crippen LogP contribution is 2.45. The van der Waals surface area contributed by atoms with Crippen LogP contribution in [0.3, 0.4) is 0 Å². The van der Waals surface area contributed by atoms with Crippen molar-refractivity contribution in [3.63, 3.8) is 0 Å². The molecule has 1 aromatic rings. The SMILES string of the molecule is COc1cc2c(cc1F)NC(=O)C1N2CCCC1(C)C. The van der Waals surface area contributed by atoms with E-state index in [-0.39, 0.29) is 23.1 Å². The van der Waals surface area contributed by atoms with Crippen molar-refractivity contribution in [2.24, 2.45) is 5.41 Å². The van der Waals surface area contributed by atoms with E-state index in [0.717, 1.165) is 25.1 Å². The molecule has 1 fully saturated rings. The van der Waals surface area contributed by atoms with Crippen molar-refractivity contribution < 1.29 is 13.9 Å². The summed E-state index contributed by atoms with van der Waals surface area (Å²) in [5.41, 5.74) is 1.28. The lowest BCUT2D eigenvalue weighted by Crippen LogP contribution is -2.58. The molecule has 0 aromatic heterocycles. The lowest BCUT2D eigenvalue weighted by Gasteiger charge is -2.49. The first-order valence-electron chi connectivity index (χ1n) is 6.89. The Morgan fingerprint density at radius 2 is 2.20 bits per heavy atom. The van der Waals surface area contributed by atoms with Crippen LogP contribution in [-0.4, -0.2) is 25.6 Å². The number of anilines is 2. The van der Waals surface area contributed by atoms with E-state index < -0.39 is 5.82 Å². The van der Waals surface area contributed by atoms with Gasteiger partial charge in [0, 0.05) is 18.7 Å². The van der Waals surface area contributed by atoms with Crippen molar-refractivity contribution in [1.29, 1.82) is 0 Å². The molecule has 0 spiro atoms. The van der Waals surface area contributed by atoms with E-state index in [0.29, 0.717) is 5.69 Å². The predicted octanol–water partition coefficient (Wildman–Crippen LogP) is 2.78. The molecule has 3 rings (SSSR count). The van der Waals surface area contributed by atoms with E-state index in [2.05, 4.69) is 24.1 Å². The predicted molar refractivity (Wildman–Crippen MR) is 75.7 cm³/mol. The molecule has 108 valence electrons. The van der Waals surface area contributed by atoms with Gasteiger partial charge in [-0.2, -0.15) is 0 Å². The minimum absolute atomic E-state index is 0.0493. The van der Waals surface area contributed by atoms with Gasteiger partial charge in [-0.25, -0.2) is 4.39 Å². The smallest absolute Gasteiger partial charge is 0.247 e. The number of carbonyl (C=O) groups excluding carboxylic acids is 1. The van der Waals surface area contributed by atoms with Gasteiger partial charge in [-0.05, 0) is 18.3 Å². The van der Waals surface area contributed by atoms with Crippen LogP contribution in [0.25, 0.3) is 0 Å². The van der Waals surface area contributed by atoms with Gasteiger partial charge in [0.05, 0.1) is 18.5 Å². The normalized spacial score (nSPS) is 23.7. The van der Waals surface area contributed by atoms with Gasteiger partial charge in [-0.1, -0.05) is 13.8 Å². The van der Waals surface area contributed by atoms with Crippen LogP contribution in [0.2, 0.25) is 0 Å². The van der Waals surface area contributed by atoms with Crippen LogP contribution in [0.15, 0.2) is 12.1 Å². The number of rotatable bonds is 1. The average molecular weight is 278 g/mol. The number of hydrogen-bond donors (Lipinski definition) is 1. The molecular formula is C15H19FN2O2. The molecule has 0 bridgehead atoms. The Morgan fingerprint density at radius 1 is 1.45 bits per heavy atom. The van der Waals surface area contributed by atoms with Crippen molar-refractivity contribution in [2.75, 3.05) is 23.9 Å². The zero-order chi connectivity index (χ0) is 14.5. The molecule has 20 heavy (non-hydrogen) atoms. The molecular weight excluding hydrogens is 259 g/mol. The standard InChI is InChI=1S/C15H19FN2O2/c1-15(2)5-4-6-18-11-8-12(20-3)9(16)7-10(11)17-14(19)13(15)18/h7-8,13H,4-6H2,1-3H3,(H,17,19). The number of fused-ring (bicyclic) bond motifs is 3. The fraction of sp³-hybridized carbons (Fsp3) is 0.533. The minimum Gasteiger partial charge on any atom is -0.494 e. The second kappa shape index (κ2) is 4.36. The molecule has 1 aromatic carbocycles. The monoisotopic (exact) mass is 278 g/mol. The van der Waals surface area contributed by atoms with Gasteiger partial charge in [0.25, 0.3) is 0 Å². The summed E-state index contributed by atoms with van der Waals surface area (Å²) < 4.78 is 18.8. The molecule has 0 radical (unpaired) electrons. The van der Waals surface area contributed by atoms with Crippen molar-refractivity contribution in [3.8, 4) is 5.75 Å². The number of carbonyl (C=O) groups is 1. The van der Waals surface area contributed by atoms with Crippen LogP contribution < -0.4 is 15.0 Å². The third-order valence-corrected chi connectivity index (χ3v) is 4.36. The van der Waals surface area contributed by atoms with E-state index in [1.165, 1.54) is 13.2 Å². The molecule has 1 amide bonds. The maximum absolute atomic E-state index is 13.8. The molecule has 5 heteroatoms. The number of nitrogens with zero attached hydrogens (tertiary/aromatic N) is 1. The molecule has 0 saturated carbocycles. The number of ether oxygens (including phenoxy) is 1. The second-order valence-electron chi connectivity index (χ2n) is 6.18. The Bertz CT molecular complexity index is 571. The highest BCUT2D eigenvalue weighted by Gasteiger charge is 2.45. The maximum atomic E-state index is 13.8. The summed E-state index contributed by atoms with van der Waals surface area (Å²) in [5, 5.41) is 2.83. The number of methoxy groups -OCH3 is 1. The molecule has 1 N–H and O–H groups in total. The van der Waals surface area contributed by atoms with Gasteiger partial charge in [-0.15, -0.1) is 0 Å². The summed E-state index contributed by atoms with van der Waals surface area (Å²) in [7, 11) is 1.45. The average Bonchev–Trinajstić information content (AvgIpc) is 2.37. The Hall–Kier alpha value is -1.78. The largest absolute Gasteiger partial charge is 0.494 e. The summed E-state index contributed by atoms with van der Waals surface area (Å²) >= 11 is 0. The Balaban J connectivity index is 2.11. The summed E-state index contributed by atoms with van der Waals surface area (Å²) in [5.74, 6) is -0.296. The van der Waals surface area contributed by atoms with Crippen LogP contribution in [0.1, 0.15) is 26.7 Å². The van der Waals surface area contributed by atoms with Crippen molar-refractivity contribution in [1.82, 2.24) is 0 Å². The number of piperidine rings is 1. The molecule has 1 atom stereocenters. The summed E-state index contributed by atoms with van der Waals surface area (Å²) in [6.45, 7) is 5.02. The number of amides is 1. The summed E-state index contributed by atoms with van der Waals surface area (Å²) in [6.07, 6.45) is 2.03. The van der Waals surface area contributed by atoms with E-state index in [4.69, 9.17) is 4.74 Å². The van der Waals surface area contributed by atoms with Gasteiger partial charge < -0.3 is 15.0 Å². The fourth-order valence-corrected chi connectivity index (χ4v) is 3.39. The van der Waals surface area contributed by atoms with E-state index in [9.17, 15) is 9.18 Å². The Kier molecular flexibility index (Phi) is 2.88. The zero-order valence-electron chi connectivity index (χ0n) is 12.0. The fourth-order valence-electron chi connectivity index (χ4n) is 3.39. The van der Waals surface area contributed by atoms with Crippen LogP contribution in [0.5, 0.6) is 5.75 Å². The Morgan fingerprint density at radius 3 is 2.90 bits per heavy atom. The molecule has 2 aliphatic heterocycles. The highest BCUT2D eigenvalue weighted by atomic mass is 19.1. The third-order valence-electron chi connectivity index (χ3n) is 4.36. The van der Waals surface area contributed by atoms with Crippen molar-refractivity contribution in [3.05, 3.63) is 17.9 Å². The first-order valence-corrected chi connectivity index (χ1v) is 6.89. The maximum Gasteiger partial charge on any atom is 0.247 e. The third kappa shape index (κ3) is 1.84. The first kappa shape index (κ1) is 13.2. The quantitative estimate of drug-likeness (QED) is 0.859. The lowest BCUT2D eigenvalue weighted by molar-refractivity contribution is -0.120. The first-order chi connectivity index (χ1) is 9.44. The summed E-state index contributed by atoms with van der Waals surface area (Å²) in [6, 6.07) is 2.81. The zero-order valence-corrected chi connectivity index (χ0v) is 12.0. The van der Waals surface area contributed by atoms with Gasteiger partial charge in [0.1, 0.15) is 6.04 Å². The van der Waals surface area contributed by atoms with Gasteiger partial charge in [0.15, 0.2) is 11.6 Å². The molecule has 2 heterocycles. The molecule has 2 aliphatic rings. The minimum atomic E-state index is -0.457. The molecule has 4 nitrogen and oxygen atoms in total. The molecule has 1 unspecified atom stereocenters. The van der Waals surface area contributed by atoms with Gasteiger partial charge in [0.2, 0.25) is 5.91 Å². The van der Waals surface area contributed by atoms with E-state index in [1.54, 1.807) is 6.07 Å². The van der Waals surface area contributed by atoms with Crippen LogP contribution in [0, 0.1) is 11.2 Å². The number of halogens is 1. The molecule has 0 aliphatic carbocycles. The van der Waals surface area contributed by atoms with E-state index >= 15 is 0 Å². The topological polar surface area (TPSA) is 41.6 Å². The second-order valence-corrected chi connectivity index (χ2v) is 6.18.